The average molecular weight is 276 g/mol. The first-order valence-electron chi connectivity index (χ1n) is 7.51. The molecule has 0 aliphatic heterocycles. The summed E-state index contributed by atoms with van der Waals surface area (Å²) in [4.78, 5) is 14.3. The van der Waals surface area contributed by atoms with Crippen molar-refractivity contribution in [2.75, 3.05) is 23.8 Å². The summed E-state index contributed by atoms with van der Waals surface area (Å²) in [5.74, 6) is -0.339. The molecule has 1 aromatic rings. The lowest BCUT2D eigenvalue weighted by Crippen LogP contribution is -2.33. The molecule has 0 spiro atoms. The molecule has 1 aliphatic carbocycles. The average Bonchev–Trinajstić information content (AvgIpc) is 2.95. The Balaban J connectivity index is 2.30. The molecule has 1 aliphatic rings. The summed E-state index contributed by atoms with van der Waals surface area (Å²) < 4.78 is 5.07. The van der Waals surface area contributed by atoms with E-state index in [4.69, 9.17) is 10.5 Å². The van der Waals surface area contributed by atoms with Gasteiger partial charge in [0.2, 0.25) is 0 Å². The van der Waals surface area contributed by atoms with Crippen LogP contribution in [0.3, 0.4) is 0 Å². The summed E-state index contributed by atoms with van der Waals surface area (Å²) in [6.45, 7) is 5.20. The number of hydrogen-bond donors (Lipinski definition) is 1. The molecular weight excluding hydrogens is 252 g/mol. The number of hydrogen-bond acceptors (Lipinski definition) is 4. The summed E-state index contributed by atoms with van der Waals surface area (Å²) in [6.07, 6.45) is 4.96. The zero-order valence-corrected chi connectivity index (χ0v) is 12.4. The molecule has 0 bridgehead atoms. The number of benzene rings is 1. The molecule has 0 saturated heterocycles. The number of rotatable bonds is 5. The van der Waals surface area contributed by atoms with E-state index in [0.29, 0.717) is 23.9 Å². The molecule has 0 radical (unpaired) electrons. The van der Waals surface area contributed by atoms with Gasteiger partial charge in [0.1, 0.15) is 0 Å². The lowest BCUT2D eigenvalue weighted by atomic mass is 10.1. The molecule has 4 nitrogen and oxygen atoms in total. The maximum absolute atomic E-state index is 11.9. The predicted molar refractivity (Wildman–Crippen MR) is 82.1 cm³/mol. The number of nitrogens with zero attached hydrogens (tertiary/aromatic N) is 1. The van der Waals surface area contributed by atoms with E-state index < -0.39 is 0 Å². The summed E-state index contributed by atoms with van der Waals surface area (Å²) in [5.41, 5.74) is 8.19. The highest BCUT2D eigenvalue weighted by molar-refractivity contribution is 5.98. The third-order valence-electron chi connectivity index (χ3n) is 3.99. The first kappa shape index (κ1) is 14.7. The Bertz CT molecular complexity index is 468. The van der Waals surface area contributed by atoms with Crippen LogP contribution in [0.2, 0.25) is 0 Å². The van der Waals surface area contributed by atoms with Crippen LogP contribution >= 0.6 is 0 Å². The van der Waals surface area contributed by atoms with Gasteiger partial charge in [-0.05, 0) is 38.8 Å². The van der Waals surface area contributed by atoms with Crippen molar-refractivity contribution in [1.29, 1.82) is 0 Å². The fourth-order valence-corrected chi connectivity index (χ4v) is 3.03. The van der Waals surface area contributed by atoms with E-state index in [9.17, 15) is 4.79 Å². The quantitative estimate of drug-likeness (QED) is 0.662. The third-order valence-corrected chi connectivity index (χ3v) is 3.99. The molecule has 2 N–H and O–H groups in total. The smallest absolute Gasteiger partial charge is 0.340 e. The minimum atomic E-state index is -0.339. The first-order chi connectivity index (χ1) is 9.69. The van der Waals surface area contributed by atoms with Crippen molar-refractivity contribution >= 4 is 17.3 Å². The van der Waals surface area contributed by atoms with Gasteiger partial charge in [-0.1, -0.05) is 18.9 Å². The molecule has 0 unspecified atom stereocenters. The second kappa shape index (κ2) is 6.64. The van der Waals surface area contributed by atoms with Gasteiger partial charge in [-0.3, -0.25) is 0 Å². The van der Waals surface area contributed by atoms with E-state index in [1.54, 1.807) is 13.0 Å². The fourth-order valence-electron chi connectivity index (χ4n) is 3.03. The summed E-state index contributed by atoms with van der Waals surface area (Å²) in [5, 5.41) is 0. The Kier molecular flexibility index (Phi) is 4.88. The maximum Gasteiger partial charge on any atom is 0.340 e. The van der Waals surface area contributed by atoms with Crippen LogP contribution in [-0.4, -0.2) is 25.2 Å². The lowest BCUT2D eigenvalue weighted by molar-refractivity contribution is 0.0527. The molecule has 0 atom stereocenters. The SMILES string of the molecule is CCOC(=O)c1cccc(N(CC)C2CCCC2)c1N. The number of ether oxygens (including phenoxy) is 1. The van der Waals surface area contributed by atoms with Crippen molar-refractivity contribution in [3.8, 4) is 0 Å². The van der Waals surface area contributed by atoms with Crippen LogP contribution in [0, 0.1) is 0 Å². The van der Waals surface area contributed by atoms with Crippen molar-refractivity contribution in [2.45, 2.75) is 45.6 Å². The van der Waals surface area contributed by atoms with Gasteiger partial charge >= 0.3 is 5.97 Å². The summed E-state index contributed by atoms with van der Waals surface area (Å²) >= 11 is 0. The molecule has 110 valence electrons. The van der Waals surface area contributed by atoms with Crippen LogP contribution in [0.15, 0.2) is 18.2 Å². The van der Waals surface area contributed by atoms with Crippen LogP contribution in [0.1, 0.15) is 49.9 Å². The first-order valence-corrected chi connectivity index (χ1v) is 7.51. The van der Waals surface area contributed by atoms with Crippen LogP contribution in [0.5, 0.6) is 0 Å². The van der Waals surface area contributed by atoms with Crippen molar-refractivity contribution in [3.63, 3.8) is 0 Å². The van der Waals surface area contributed by atoms with E-state index >= 15 is 0 Å². The zero-order chi connectivity index (χ0) is 14.5. The monoisotopic (exact) mass is 276 g/mol. The zero-order valence-electron chi connectivity index (χ0n) is 12.4. The van der Waals surface area contributed by atoms with Crippen LogP contribution < -0.4 is 10.6 Å². The molecule has 1 aromatic carbocycles. The normalized spacial score (nSPS) is 15.3. The Morgan fingerprint density at radius 3 is 2.65 bits per heavy atom. The number of para-hydroxylation sites is 1. The number of anilines is 2. The Hall–Kier alpha value is -1.71. The maximum atomic E-state index is 11.9. The van der Waals surface area contributed by atoms with Crippen LogP contribution in [-0.2, 0) is 4.74 Å². The third kappa shape index (κ3) is 2.89. The summed E-state index contributed by atoms with van der Waals surface area (Å²) in [7, 11) is 0. The van der Waals surface area contributed by atoms with Crippen molar-refractivity contribution in [3.05, 3.63) is 23.8 Å². The molecule has 1 fully saturated rings. The molecule has 20 heavy (non-hydrogen) atoms. The number of carbonyl (C=O) groups excluding carboxylic acids is 1. The molecule has 0 amide bonds. The van der Waals surface area contributed by atoms with Crippen molar-refractivity contribution < 1.29 is 9.53 Å². The van der Waals surface area contributed by atoms with Gasteiger partial charge in [-0.25, -0.2) is 4.79 Å². The Morgan fingerprint density at radius 1 is 1.35 bits per heavy atom. The van der Waals surface area contributed by atoms with Gasteiger partial charge in [0, 0.05) is 12.6 Å². The van der Waals surface area contributed by atoms with E-state index in [1.165, 1.54) is 25.7 Å². The van der Waals surface area contributed by atoms with Crippen molar-refractivity contribution in [1.82, 2.24) is 0 Å². The molecule has 2 rings (SSSR count). The minimum Gasteiger partial charge on any atom is -0.462 e. The van der Waals surface area contributed by atoms with E-state index in [2.05, 4.69) is 11.8 Å². The van der Waals surface area contributed by atoms with E-state index in [1.807, 2.05) is 12.1 Å². The topological polar surface area (TPSA) is 55.6 Å². The minimum absolute atomic E-state index is 0.339. The second-order valence-corrected chi connectivity index (χ2v) is 5.18. The van der Waals surface area contributed by atoms with Gasteiger partial charge in [0.25, 0.3) is 0 Å². The Morgan fingerprint density at radius 2 is 2.05 bits per heavy atom. The highest BCUT2D eigenvalue weighted by atomic mass is 16.5. The molecule has 1 saturated carbocycles. The molecular formula is C16H24N2O2. The lowest BCUT2D eigenvalue weighted by Gasteiger charge is -2.31. The van der Waals surface area contributed by atoms with Gasteiger partial charge in [0.15, 0.2) is 0 Å². The number of carbonyl (C=O) groups is 1. The molecule has 0 heterocycles. The van der Waals surface area contributed by atoms with E-state index in [-0.39, 0.29) is 5.97 Å². The molecule has 0 aromatic heterocycles. The molecule has 4 heteroatoms. The van der Waals surface area contributed by atoms with Gasteiger partial charge in [-0.15, -0.1) is 0 Å². The largest absolute Gasteiger partial charge is 0.462 e. The van der Waals surface area contributed by atoms with Crippen LogP contribution in [0.25, 0.3) is 0 Å². The number of nitrogen functional groups attached to an aromatic ring is 1. The number of esters is 1. The standard InChI is InChI=1S/C16H24N2O2/c1-3-18(12-8-5-6-9-12)14-11-7-10-13(15(14)17)16(19)20-4-2/h7,10-12H,3-6,8-9,17H2,1-2H3. The second-order valence-electron chi connectivity index (χ2n) is 5.18. The fraction of sp³-hybridized carbons (Fsp3) is 0.562. The van der Waals surface area contributed by atoms with E-state index in [0.717, 1.165) is 12.2 Å². The van der Waals surface area contributed by atoms with Gasteiger partial charge < -0.3 is 15.4 Å². The van der Waals surface area contributed by atoms with Gasteiger partial charge in [-0.2, -0.15) is 0 Å². The predicted octanol–water partition coefficient (Wildman–Crippen LogP) is 3.21. The van der Waals surface area contributed by atoms with Crippen LogP contribution in [0.4, 0.5) is 11.4 Å². The van der Waals surface area contributed by atoms with Gasteiger partial charge in [0.05, 0.1) is 23.5 Å². The Labute approximate surface area is 120 Å². The number of nitrogens with two attached hydrogens (primary N) is 1. The van der Waals surface area contributed by atoms with Crippen molar-refractivity contribution in [2.24, 2.45) is 0 Å². The summed E-state index contributed by atoms with van der Waals surface area (Å²) in [6, 6.07) is 6.16. The highest BCUT2D eigenvalue weighted by Gasteiger charge is 2.24. The highest BCUT2D eigenvalue weighted by Crippen LogP contribution is 2.33.